The molecule has 0 bridgehead atoms. The number of nitrogens with zero attached hydrogens (tertiary/aromatic N) is 2. The van der Waals surface area contributed by atoms with Crippen LogP contribution in [-0.4, -0.2) is 0 Å². The molecule has 1 aliphatic rings. The van der Waals surface area contributed by atoms with Crippen molar-refractivity contribution >= 4 is 5.76 Å². The van der Waals surface area contributed by atoms with Gasteiger partial charge in [0.15, 0.2) is 6.20 Å². The molecule has 53 valence electrons. The molecule has 0 unspecified atom stereocenters. The van der Waals surface area contributed by atoms with E-state index < -0.39 is 0 Å². The van der Waals surface area contributed by atoms with Crippen LogP contribution in [0, 0.1) is 0 Å². The maximum atomic E-state index is 4.86. The quantitative estimate of drug-likeness (QED) is 0.594. The van der Waals surface area contributed by atoms with E-state index in [2.05, 4.69) is 10.4 Å². The van der Waals surface area contributed by atoms with Gasteiger partial charge in [0.2, 0.25) is 5.76 Å². The largest absolute Gasteiger partial charge is 0.467 e. The van der Waals surface area contributed by atoms with Crippen molar-refractivity contribution in [2.45, 2.75) is 0 Å². The highest BCUT2D eigenvalue weighted by Gasteiger charge is 2.15. The molecule has 0 spiro atoms. The summed E-state index contributed by atoms with van der Waals surface area (Å²) in [6.07, 6.45) is 1.59. The van der Waals surface area contributed by atoms with Crippen LogP contribution in [-0.2, 0) is 4.84 Å². The highest BCUT2D eigenvalue weighted by atomic mass is 16.7. The Hall–Kier alpha value is -1.64. The molecule has 0 saturated carbocycles. The van der Waals surface area contributed by atoms with Gasteiger partial charge >= 0.3 is 5.28 Å². The molecule has 0 fully saturated rings. The van der Waals surface area contributed by atoms with Crippen LogP contribution in [0.4, 0.5) is 0 Å². The molecule has 0 aliphatic carbocycles. The second-order valence-electron chi connectivity index (χ2n) is 2.15. The molecule has 1 radical (unpaired) electrons. The lowest BCUT2D eigenvalue weighted by atomic mass is 10.2. The van der Waals surface area contributed by atoms with Gasteiger partial charge in [-0.1, -0.05) is 30.3 Å². The zero-order valence-corrected chi connectivity index (χ0v) is 5.77. The lowest BCUT2D eigenvalue weighted by Crippen LogP contribution is -1.85. The fraction of sp³-hybridized carbons (Fsp3) is 0. The van der Waals surface area contributed by atoms with Gasteiger partial charge in [-0.25, -0.2) is 0 Å². The van der Waals surface area contributed by atoms with Gasteiger partial charge in [0.05, 0.1) is 0 Å². The number of rotatable bonds is 1. The highest BCUT2D eigenvalue weighted by molar-refractivity contribution is 5.59. The average molecular weight is 146 g/mol. The first-order valence-electron chi connectivity index (χ1n) is 3.29. The molecule has 11 heavy (non-hydrogen) atoms. The Morgan fingerprint density at radius 1 is 1.18 bits per heavy atom. The van der Waals surface area contributed by atoms with E-state index in [0.717, 1.165) is 5.56 Å². The van der Waals surface area contributed by atoms with Crippen molar-refractivity contribution < 1.29 is 4.84 Å². The first kappa shape index (κ1) is 6.09. The summed E-state index contributed by atoms with van der Waals surface area (Å²) in [7, 11) is 0. The minimum absolute atomic E-state index is 0.700. The fourth-order valence-corrected chi connectivity index (χ4v) is 0.897. The summed E-state index contributed by atoms with van der Waals surface area (Å²) >= 11 is 0. The average Bonchev–Trinajstić information content (AvgIpc) is 2.58. The van der Waals surface area contributed by atoms with Crippen molar-refractivity contribution in [3.8, 4) is 0 Å². The normalized spacial score (nSPS) is 14.4. The molecule has 2 rings (SSSR count). The van der Waals surface area contributed by atoms with Gasteiger partial charge in [-0.05, 0) is 0 Å². The van der Waals surface area contributed by atoms with E-state index in [0.29, 0.717) is 5.76 Å². The summed E-state index contributed by atoms with van der Waals surface area (Å²) in [5.41, 5.74) is 0.998. The van der Waals surface area contributed by atoms with Gasteiger partial charge in [0, 0.05) is 5.56 Å². The molecule has 0 aromatic heterocycles. The predicted molar refractivity (Wildman–Crippen MR) is 40.1 cm³/mol. The zero-order valence-electron chi connectivity index (χ0n) is 5.77. The van der Waals surface area contributed by atoms with Crippen molar-refractivity contribution in [2.24, 2.45) is 5.11 Å². The predicted octanol–water partition coefficient (Wildman–Crippen LogP) is 1.72. The Bertz CT molecular complexity index is 303. The van der Waals surface area contributed by atoms with Crippen molar-refractivity contribution in [3.63, 3.8) is 0 Å². The molecular formula is C8H6N2O+. The van der Waals surface area contributed by atoms with Gasteiger partial charge in [0.25, 0.3) is 0 Å². The summed E-state index contributed by atoms with van der Waals surface area (Å²) in [6, 6.07) is 9.73. The Morgan fingerprint density at radius 3 is 2.64 bits per heavy atom. The van der Waals surface area contributed by atoms with Gasteiger partial charge in [0.1, 0.15) is 5.11 Å². The molecule has 0 N–H and O–H groups in total. The van der Waals surface area contributed by atoms with Crippen molar-refractivity contribution in [3.05, 3.63) is 42.1 Å². The SMILES string of the molecule is C1=C(c2ccccc2)O[N+]=N1. The van der Waals surface area contributed by atoms with E-state index in [4.69, 9.17) is 4.84 Å². The van der Waals surface area contributed by atoms with E-state index in [1.54, 1.807) is 6.20 Å². The van der Waals surface area contributed by atoms with E-state index in [-0.39, 0.29) is 0 Å². The summed E-state index contributed by atoms with van der Waals surface area (Å²) in [4.78, 5) is 4.86. The molecular weight excluding hydrogens is 140 g/mol. The summed E-state index contributed by atoms with van der Waals surface area (Å²) < 4.78 is 0. The second-order valence-corrected chi connectivity index (χ2v) is 2.15. The standard InChI is InChI=1S/C8H6N2O/c1-2-4-7(5-3-1)8-6-9-10-11-8/h1-6H/q+1. The number of benzene rings is 1. The third-order valence-corrected chi connectivity index (χ3v) is 1.42. The van der Waals surface area contributed by atoms with E-state index >= 15 is 0 Å². The summed E-state index contributed by atoms with van der Waals surface area (Å²) in [5, 5.41) is 6.96. The Labute approximate surface area is 64.0 Å². The van der Waals surface area contributed by atoms with Crippen LogP contribution in [0.3, 0.4) is 0 Å². The Kier molecular flexibility index (Phi) is 1.41. The number of hydrogen-bond donors (Lipinski definition) is 0. The second kappa shape index (κ2) is 2.54. The van der Waals surface area contributed by atoms with Crippen LogP contribution in [0.2, 0.25) is 0 Å². The van der Waals surface area contributed by atoms with E-state index in [1.165, 1.54) is 0 Å². The van der Waals surface area contributed by atoms with Crippen LogP contribution < -0.4 is 5.28 Å². The molecule has 3 heteroatoms. The van der Waals surface area contributed by atoms with Crippen LogP contribution >= 0.6 is 0 Å². The maximum absolute atomic E-state index is 4.86. The maximum Gasteiger partial charge on any atom is 0.467 e. The molecule has 0 saturated heterocycles. The molecule has 1 aliphatic heterocycles. The summed E-state index contributed by atoms with van der Waals surface area (Å²) in [5.74, 6) is 0.700. The Balaban J connectivity index is 2.31. The van der Waals surface area contributed by atoms with Crippen LogP contribution in [0.15, 0.2) is 41.6 Å². The topological polar surface area (TPSA) is 35.7 Å². The smallest absolute Gasteiger partial charge is 0.142 e. The third kappa shape index (κ3) is 1.12. The van der Waals surface area contributed by atoms with Crippen LogP contribution in [0.5, 0.6) is 0 Å². The van der Waals surface area contributed by atoms with Gasteiger partial charge in [-0.2, -0.15) is 0 Å². The van der Waals surface area contributed by atoms with Crippen LogP contribution in [0.1, 0.15) is 5.56 Å². The molecule has 1 aromatic rings. The van der Waals surface area contributed by atoms with Crippen molar-refractivity contribution in [1.29, 1.82) is 0 Å². The van der Waals surface area contributed by atoms with E-state index in [1.807, 2.05) is 30.3 Å². The molecule has 0 atom stereocenters. The minimum atomic E-state index is 0.700. The lowest BCUT2D eigenvalue weighted by Gasteiger charge is -1.90. The van der Waals surface area contributed by atoms with Gasteiger partial charge < -0.3 is 0 Å². The molecule has 3 nitrogen and oxygen atoms in total. The zero-order chi connectivity index (χ0) is 7.52. The van der Waals surface area contributed by atoms with Gasteiger partial charge in [-0.3, -0.25) is 0 Å². The first-order chi connectivity index (χ1) is 5.47. The van der Waals surface area contributed by atoms with Crippen LogP contribution in [0.25, 0.3) is 5.76 Å². The fourth-order valence-electron chi connectivity index (χ4n) is 0.897. The van der Waals surface area contributed by atoms with Crippen molar-refractivity contribution in [2.75, 3.05) is 0 Å². The lowest BCUT2D eigenvalue weighted by molar-refractivity contribution is 0.223. The van der Waals surface area contributed by atoms with E-state index in [9.17, 15) is 0 Å². The summed E-state index contributed by atoms with van der Waals surface area (Å²) in [6.45, 7) is 0. The monoisotopic (exact) mass is 146 g/mol. The third-order valence-electron chi connectivity index (χ3n) is 1.42. The highest BCUT2D eigenvalue weighted by Crippen LogP contribution is 2.16. The Morgan fingerprint density at radius 2 is 2.00 bits per heavy atom. The first-order valence-corrected chi connectivity index (χ1v) is 3.29. The number of hydrogen-bond acceptors (Lipinski definition) is 3. The van der Waals surface area contributed by atoms with Gasteiger partial charge in [-0.15, -0.1) is 4.84 Å². The minimum Gasteiger partial charge on any atom is -0.142 e. The molecule has 1 aromatic carbocycles. The van der Waals surface area contributed by atoms with Crippen molar-refractivity contribution in [1.82, 2.24) is 5.28 Å². The molecule has 1 heterocycles. The molecule has 0 amide bonds.